The Bertz CT molecular complexity index is 524. The van der Waals surface area contributed by atoms with Gasteiger partial charge in [-0.05, 0) is 55.3 Å². The van der Waals surface area contributed by atoms with Crippen LogP contribution in [0.25, 0.3) is 0 Å². The van der Waals surface area contributed by atoms with Gasteiger partial charge in [0, 0.05) is 10.0 Å². The molecule has 5 nitrogen and oxygen atoms in total. The van der Waals surface area contributed by atoms with Gasteiger partial charge in [-0.3, -0.25) is 4.79 Å². The first-order valence-electron chi connectivity index (χ1n) is 6.18. The van der Waals surface area contributed by atoms with Gasteiger partial charge in [0.15, 0.2) is 0 Å². The highest BCUT2D eigenvalue weighted by molar-refractivity contribution is 9.10. The van der Waals surface area contributed by atoms with Crippen molar-refractivity contribution in [2.45, 2.75) is 33.2 Å². The number of anilines is 1. The molecule has 0 saturated carbocycles. The summed E-state index contributed by atoms with van der Waals surface area (Å²) in [5, 5.41) is 11.7. The lowest BCUT2D eigenvalue weighted by Gasteiger charge is -2.34. The standard InChI is InChI=1S/C14H19BrN2O3/c1-9-6-5-7-10(12(9)15)16-13(20)17(8-11(18)19)14(2,3)4/h5-7H,8H2,1-4H3,(H,16,20)(H,18,19). The normalized spacial score (nSPS) is 11.1. The van der Waals surface area contributed by atoms with Gasteiger partial charge in [0.25, 0.3) is 0 Å². The Labute approximate surface area is 127 Å². The Morgan fingerprint density at radius 2 is 1.95 bits per heavy atom. The molecule has 0 spiro atoms. The molecule has 0 aliphatic carbocycles. The molecule has 0 bridgehead atoms. The molecule has 0 heterocycles. The lowest BCUT2D eigenvalue weighted by atomic mass is 10.1. The second kappa shape index (κ2) is 6.26. The zero-order chi connectivity index (χ0) is 15.5. The van der Waals surface area contributed by atoms with E-state index in [1.54, 1.807) is 26.8 Å². The zero-order valence-corrected chi connectivity index (χ0v) is 13.6. The molecule has 2 N–H and O–H groups in total. The number of aryl methyl sites for hydroxylation is 1. The monoisotopic (exact) mass is 342 g/mol. The van der Waals surface area contributed by atoms with Crippen molar-refractivity contribution < 1.29 is 14.7 Å². The number of benzene rings is 1. The zero-order valence-electron chi connectivity index (χ0n) is 12.0. The predicted molar refractivity (Wildman–Crippen MR) is 82.0 cm³/mol. The average molecular weight is 343 g/mol. The molecule has 0 fully saturated rings. The first kappa shape index (κ1) is 16.5. The van der Waals surface area contributed by atoms with Crippen molar-refractivity contribution in [3.05, 3.63) is 28.2 Å². The number of carbonyl (C=O) groups excluding carboxylic acids is 1. The fraction of sp³-hybridized carbons (Fsp3) is 0.429. The summed E-state index contributed by atoms with van der Waals surface area (Å²) in [7, 11) is 0. The summed E-state index contributed by atoms with van der Waals surface area (Å²) in [6.07, 6.45) is 0. The third kappa shape index (κ3) is 4.23. The Hall–Kier alpha value is -1.56. The molecule has 1 aromatic rings. The van der Waals surface area contributed by atoms with Crippen molar-refractivity contribution in [1.29, 1.82) is 0 Å². The van der Waals surface area contributed by atoms with Gasteiger partial charge in [-0.15, -0.1) is 0 Å². The maximum absolute atomic E-state index is 12.3. The number of nitrogens with one attached hydrogen (secondary N) is 1. The molecule has 0 aromatic heterocycles. The molecule has 0 unspecified atom stereocenters. The third-order valence-electron chi connectivity index (χ3n) is 2.78. The van der Waals surface area contributed by atoms with Crippen LogP contribution in [-0.2, 0) is 4.79 Å². The molecule has 1 rings (SSSR count). The number of hydrogen-bond acceptors (Lipinski definition) is 2. The molecule has 0 atom stereocenters. The van der Waals surface area contributed by atoms with E-state index in [-0.39, 0.29) is 6.54 Å². The minimum atomic E-state index is -1.04. The van der Waals surface area contributed by atoms with Gasteiger partial charge in [0.1, 0.15) is 6.54 Å². The highest BCUT2D eigenvalue weighted by atomic mass is 79.9. The highest BCUT2D eigenvalue weighted by Crippen LogP contribution is 2.26. The number of carboxylic acid groups (broad SMARTS) is 1. The molecule has 0 saturated heterocycles. The van der Waals surface area contributed by atoms with E-state index in [1.165, 1.54) is 4.90 Å². The second-order valence-corrected chi connectivity index (χ2v) is 6.31. The summed E-state index contributed by atoms with van der Waals surface area (Å²) in [5.41, 5.74) is 1.02. The number of hydrogen-bond donors (Lipinski definition) is 2. The molecule has 1 aromatic carbocycles. The Morgan fingerprint density at radius 1 is 1.35 bits per heavy atom. The lowest BCUT2D eigenvalue weighted by molar-refractivity contribution is -0.138. The number of amides is 2. The summed E-state index contributed by atoms with van der Waals surface area (Å²) >= 11 is 3.41. The second-order valence-electron chi connectivity index (χ2n) is 5.52. The summed E-state index contributed by atoms with van der Waals surface area (Å²) in [6.45, 7) is 6.94. The number of nitrogens with zero attached hydrogens (tertiary/aromatic N) is 1. The van der Waals surface area contributed by atoms with E-state index in [2.05, 4.69) is 21.2 Å². The Kier molecular flexibility index (Phi) is 5.16. The Balaban J connectivity index is 2.97. The average Bonchev–Trinajstić information content (AvgIpc) is 2.30. The van der Waals surface area contributed by atoms with Crippen LogP contribution in [0, 0.1) is 6.92 Å². The largest absolute Gasteiger partial charge is 0.480 e. The van der Waals surface area contributed by atoms with Crippen molar-refractivity contribution in [2.75, 3.05) is 11.9 Å². The molecule has 110 valence electrons. The topological polar surface area (TPSA) is 69.6 Å². The summed E-state index contributed by atoms with van der Waals surface area (Å²) in [5.74, 6) is -1.04. The fourth-order valence-corrected chi connectivity index (χ4v) is 2.04. The van der Waals surface area contributed by atoms with Crippen LogP contribution in [0.15, 0.2) is 22.7 Å². The van der Waals surface area contributed by atoms with E-state index >= 15 is 0 Å². The maximum Gasteiger partial charge on any atom is 0.323 e. The van der Waals surface area contributed by atoms with Crippen molar-refractivity contribution in [3.63, 3.8) is 0 Å². The van der Waals surface area contributed by atoms with Crippen molar-refractivity contribution in [3.8, 4) is 0 Å². The molecule has 6 heteroatoms. The number of halogens is 1. The molecular weight excluding hydrogens is 324 g/mol. The van der Waals surface area contributed by atoms with Crippen LogP contribution in [0.3, 0.4) is 0 Å². The first-order chi connectivity index (χ1) is 9.12. The quantitative estimate of drug-likeness (QED) is 0.883. The van der Waals surface area contributed by atoms with Crippen molar-refractivity contribution in [1.82, 2.24) is 4.90 Å². The van der Waals surface area contributed by atoms with E-state index in [0.717, 1.165) is 10.0 Å². The first-order valence-corrected chi connectivity index (χ1v) is 6.97. The van der Waals surface area contributed by atoms with Crippen LogP contribution in [0.4, 0.5) is 10.5 Å². The van der Waals surface area contributed by atoms with Gasteiger partial charge < -0.3 is 15.3 Å². The fourth-order valence-electron chi connectivity index (χ4n) is 1.68. The smallest absolute Gasteiger partial charge is 0.323 e. The number of aliphatic carboxylic acids is 1. The van der Waals surface area contributed by atoms with E-state index in [9.17, 15) is 9.59 Å². The SMILES string of the molecule is Cc1cccc(NC(=O)N(CC(=O)O)C(C)(C)C)c1Br. The van der Waals surface area contributed by atoms with Gasteiger partial charge in [-0.25, -0.2) is 4.79 Å². The van der Waals surface area contributed by atoms with Crippen molar-refractivity contribution >= 4 is 33.6 Å². The van der Waals surface area contributed by atoms with Gasteiger partial charge in [-0.1, -0.05) is 12.1 Å². The van der Waals surface area contributed by atoms with E-state index in [4.69, 9.17) is 5.11 Å². The van der Waals surface area contributed by atoms with Crippen LogP contribution < -0.4 is 5.32 Å². The van der Waals surface area contributed by atoms with Gasteiger partial charge in [0.05, 0.1) is 5.69 Å². The minimum Gasteiger partial charge on any atom is -0.480 e. The highest BCUT2D eigenvalue weighted by Gasteiger charge is 2.28. The Morgan fingerprint density at radius 3 is 2.45 bits per heavy atom. The minimum absolute atomic E-state index is 0.348. The summed E-state index contributed by atoms with van der Waals surface area (Å²) < 4.78 is 0.789. The molecule has 0 radical (unpaired) electrons. The molecule has 20 heavy (non-hydrogen) atoms. The van der Waals surface area contributed by atoms with Crippen LogP contribution in [-0.4, -0.2) is 34.1 Å². The molecule has 0 aliphatic rings. The van der Waals surface area contributed by atoms with Crippen LogP contribution in [0.1, 0.15) is 26.3 Å². The van der Waals surface area contributed by atoms with Crippen LogP contribution in [0.5, 0.6) is 0 Å². The summed E-state index contributed by atoms with van der Waals surface area (Å²) in [6, 6.07) is 5.06. The van der Waals surface area contributed by atoms with Gasteiger partial charge in [-0.2, -0.15) is 0 Å². The lowest BCUT2D eigenvalue weighted by Crippen LogP contribution is -2.50. The third-order valence-corrected chi connectivity index (χ3v) is 3.83. The van der Waals surface area contributed by atoms with E-state index in [0.29, 0.717) is 5.69 Å². The maximum atomic E-state index is 12.3. The van der Waals surface area contributed by atoms with Crippen molar-refractivity contribution in [2.24, 2.45) is 0 Å². The number of carbonyl (C=O) groups is 2. The number of rotatable bonds is 3. The predicted octanol–water partition coefficient (Wildman–Crippen LogP) is 3.47. The van der Waals surface area contributed by atoms with E-state index < -0.39 is 17.5 Å². The molecule has 2 amide bonds. The summed E-state index contributed by atoms with van der Waals surface area (Å²) in [4.78, 5) is 24.5. The van der Waals surface area contributed by atoms with Gasteiger partial charge >= 0.3 is 12.0 Å². The van der Waals surface area contributed by atoms with Crippen LogP contribution >= 0.6 is 15.9 Å². The van der Waals surface area contributed by atoms with E-state index in [1.807, 2.05) is 19.1 Å². The van der Waals surface area contributed by atoms with Gasteiger partial charge in [0.2, 0.25) is 0 Å². The molecular formula is C14H19BrN2O3. The molecule has 0 aliphatic heterocycles. The number of carboxylic acids is 1. The van der Waals surface area contributed by atoms with Crippen LogP contribution in [0.2, 0.25) is 0 Å². The number of urea groups is 1.